The topological polar surface area (TPSA) is 33.3 Å². The maximum absolute atomic E-state index is 5.63. The Morgan fingerprint density at radius 3 is 2.21 bits per heavy atom. The second-order valence-electron chi connectivity index (χ2n) is 4.66. The molecule has 3 nitrogen and oxygen atoms in total. The van der Waals surface area contributed by atoms with E-state index in [1.807, 2.05) is 0 Å². The Morgan fingerprint density at radius 2 is 1.79 bits per heavy atom. The highest BCUT2D eigenvalue weighted by molar-refractivity contribution is 6.76. The summed E-state index contributed by atoms with van der Waals surface area (Å²) in [7, 11) is -2.19. The maximum Gasteiger partial charge on any atom is 0.335 e. The SMILES string of the molecule is CCN[SiH](NCC[Si](C)(C)C)OCC. The van der Waals surface area contributed by atoms with Gasteiger partial charge in [-0.15, -0.1) is 0 Å². The first kappa shape index (κ1) is 14.3. The molecule has 0 amide bonds. The fourth-order valence-corrected chi connectivity index (χ4v) is 3.79. The standard InChI is InChI=1S/C9H26N2OSi2/c1-6-10-13(12-7-2)11-8-9-14(3,4)5/h10-11,13H,6-9H2,1-5H3. The van der Waals surface area contributed by atoms with E-state index in [0.29, 0.717) is 0 Å². The van der Waals surface area contributed by atoms with Gasteiger partial charge in [0, 0.05) is 14.7 Å². The van der Waals surface area contributed by atoms with Gasteiger partial charge in [0.15, 0.2) is 0 Å². The lowest BCUT2D eigenvalue weighted by Gasteiger charge is -2.20. The van der Waals surface area contributed by atoms with Crippen LogP contribution >= 0.6 is 0 Å². The summed E-state index contributed by atoms with van der Waals surface area (Å²) in [6, 6.07) is 1.33. The molecule has 1 atom stereocenters. The molecule has 0 aromatic carbocycles. The Hall–Kier alpha value is 0.314. The van der Waals surface area contributed by atoms with Crippen LogP contribution in [0.3, 0.4) is 0 Å². The molecule has 14 heavy (non-hydrogen) atoms. The summed E-state index contributed by atoms with van der Waals surface area (Å²) in [6.07, 6.45) is 0. The van der Waals surface area contributed by atoms with Crippen molar-refractivity contribution in [1.82, 2.24) is 9.96 Å². The van der Waals surface area contributed by atoms with Crippen molar-refractivity contribution in [2.24, 2.45) is 0 Å². The first-order valence-electron chi connectivity index (χ1n) is 5.58. The first-order valence-corrected chi connectivity index (χ1v) is 10.9. The van der Waals surface area contributed by atoms with Crippen LogP contribution in [0.25, 0.3) is 0 Å². The zero-order chi connectivity index (χ0) is 11.0. The molecule has 0 aromatic heterocycles. The van der Waals surface area contributed by atoms with Crippen LogP contribution in [0.4, 0.5) is 0 Å². The molecule has 86 valence electrons. The zero-order valence-corrected chi connectivity index (χ0v) is 12.5. The third-order valence-electron chi connectivity index (χ3n) is 1.93. The van der Waals surface area contributed by atoms with Crippen molar-refractivity contribution in [3.8, 4) is 0 Å². The fourth-order valence-electron chi connectivity index (χ4n) is 1.12. The van der Waals surface area contributed by atoms with E-state index in [2.05, 4.69) is 43.5 Å². The minimum atomic E-state index is -1.30. The molecule has 0 bridgehead atoms. The van der Waals surface area contributed by atoms with Gasteiger partial charge in [-0.3, -0.25) is 0 Å². The number of rotatable bonds is 8. The van der Waals surface area contributed by atoms with E-state index in [1.165, 1.54) is 6.04 Å². The van der Waals surface area contributed by atoms with Gasteiger partial charge in [-0.1, -0.05) is 26.6 Å². The highest BCUT2D eigenvalue weighted by Gasteiger charge is 2.14. The van der Waals surface area contributed by atoms with Gasteiger partial charge in [-0.2, -0.15) is 0 Å². The van der Waals surface area contributed by atoms with Gasteiger partial charge >= 0.3 is 9.36 Å². The van der Waals surface area contributed by atoms with Crippen LogP contribution in [0.5, 0.6) is 0 Å². The average Bonchev–Trinajstić information content (AvgIpc) is 2.02. The number of hydrogen-bond donors (Lipinski definition) is 2. The van der Waals surface area contributed by atoms with Crippen LogP contribution in [-0.4, -0.2) is 37.1 Å². The van der Waals surface area contributed by atoms with Crippen LogP contribution in [0.2, 0.25) is 25.7 Å². The Kier molecular flexibility index (Phi) is 7.76. The molecule has 0 saturated carbocycles. The van der Waals surface area contributed by atoms with Gasteiger partial charge in [0.25, 0.3) is 0 Å². The fraction of sp³-hybridized carbons (Fsp3) is 1.00. The second-order valence-corrected chi connectivity index (χ2v) is 12.2. The highest BCUT2D eigenvalue weighted by atomic mass is 28.3. The number of hydrogen-bond acceptors (Lipinski definition) is 3. The van der Waals surface area contributed by atoms with Crippen LogP contribution < -0.4 is 9.96 Å². The van der Waals surface area contributed by atoms with Crippen molar-refractivity contribution in [3.05, 3.63) is 0 Å². The molecule has 0 heterocycles. The lowest BCUT2D eigenvalue weighted by Crippen LogP contribution is -2.50. The summed E-state index contributed by atoms with van der Waals surface area (Å²) in [4.78, 5) is 6.91. The molecule has 1 unspecified atom stereocenters. The van der Waals surface area contributed by atoms with Gasteiger partial charge in [-0.05, 0) is 26.1 Å². The van der Waals surface area contributed by atoms with Crippen molar-refractivity contribution in [2.45, 2.75) is 39.5 Å². The van der Waals surface area contributed by atoms with E-state index in [0.717, 1.165) is 19.7 Å². The normalized spacial score (nSPS) is 14.4. The van der Waals surface area contributed by atoms with Crippen LogP contribution in [0, 0.1) is 0 Å². The lowest BCUT2D eigenvalue weighted by atomic mass is 10.8. The Bertz CT molecular complexity index is 133. The minimum absolute atomic E-state index is 0.809. The molecule has 0 spiro atoms. The summed E-state index contributed by atoms with van der Waals surface area (Å²) in [5, 5.41) is 0. The molecule has 0 aliphatic heterocycles. The van der Waals surface area contributed by atoms with Gasteiger partial charge in [0.1, 0.15) is 0 Å². The average molecular weight is 234 g/mol. The minimum Gasteiger partial charge on any atom is -0.394 e. The summed E-state index contributed by atoms with van der Waals surface area (Å²) in [5.74, 6) is 0. The van der Waals surface area contributed by atoms with Crippen LogP contribution in [0.1, 0.15) is 13.8 Å². The van der Waals surface area contributed by atoms with E-state index in [1.54, 1.807) is 0 Å². The van der Waals surface area contributed by atoms with Gasteiger partial charge in [-0.25, -0.2) is 0 Å². The van der Waals surface area contributed by atoms with Crippen LogP contribution in [-0.2, 0) is 4.43 Å². The van der Waals surface area contributed by atoms with Crippen molar-refractivity contribution >= 4 is 17.4 Å². The zero-order valence-electron chi connectivity index (χ0n) is 10.3. The second kappa shape index (κ2) is 7.59. The van der Waals surface area contributed by atoms with Crippen molar-refractivity contribution < 1.29 is 4.43 Å². The molecule has 0 rings (SSSR count). The molecule has 0 fully saturated rings. The smallest absolute Gasteiger partial charge is 0.335 e. The summed E-state index contributed by atoms with van der Waals surface area (Å²) < 4.78 is 5.63. The van der Waals surface area contributed by atoms with Gasteiger partial charge < -0.3 is 14.4 Å². The predicted octanol–water partition coefficient (Wildman–Crippen LogP) is 1.28. The van der Waals surface area contributed by atoms with Crippen molar-refractivity contribution in [3.63, 3.8) is 0 Å². The molecule has 2 N–H and O–H groups in total. The van der Waals surface area contributed by atoms with Crippen molar-refractivity contribution in [2.75, 3.05) is 19.7 Å². The third-order valence-corrected chi connectivity index (χ3v) is 5.78. The Balaban J connectivity index is 3.60. The maximum atomic E-state index is 5.63. The van der Waals surface area contributed by atoms with E-state index in [-0.39, 0.29) is 0 Å². The highest BCUT2D eigenvalue weighted by Crippen LogP contribution is 2.05. The molecule has 0 saturated heterocycles. The quantitative estimate of drug-likeness (QED) is 0.621. The van der Waals surface area contributed by atoms with E-state index in [4.69, 9.17) is 4.43 Å². The molecule has 0 aliphatic carbocycles. The van der Waals surface area contributed by atoms with E-state index in [9.17, 15) is 0 Å². The third kappa shape index (κ3) is 8.89. The Morgan fingerprint density at radius 1 is 1.14 bits per heavy atom. The molecule has 0 radical (unpaired) electrons. The summed E-state index contributed by atoms with van der Waals surface area (Å²) in [6.45, 7) is 14.3. The number of nitrogens with one attached hydrogen (secondary N) is 2. The van der Waals surface area contributed by atoms with Gasteiger partial charge in [0.05, 0.1) is 0 Å². The largest absolute Gasteiger partial charge is 0.394 e. The molecular weight excluding hydrogens is 208 g/mol. The lowest BCUT2D eigenvalue weighted by molar-refractivity contribution is 0.324. The molecule has 5 heteroatoms. The van der Waals surface area contributed by atoms with Crippen molar-refractivity contribution in [1.29, 1.82) is 0 Å². The van der Waals surface area contributed by atoms with Crippen LogP contribution in [0.15, 0.2) is 0 Å². The van der Waals surface area contributed by atoms with E-state index >= 15 is 0 Å². The summed E-state index contributed by atoms with van der Waals surface area (Å²) in [5.41, 5.74) is 0. The molecular formula is C9H26N2OSi2. The Labute approximate surface area is 91.5 Å². The van der Waals surface area contributed by atoms with E-state index < -0.39 is 17.4 Å². The van der Waals surface area contributed by atoms with Gasteiger partial charge in [0.2, 0.25) is 0 Å². The molecule has 0 aromatic rings. The summed E-state index contributed by atoms with van der Waals surface area (Å²) >= 11 is 0. The monoisotopic (exact) mass is 234 g/mol. The predicted molar refractivity (Wildman–Crippen MR) is 68.6 cm³/mol. The first-order chi connectivity index (χ1) is 6.49. The molecule has 0 aliphatic rings.